The first-order chi connectivity index (χ1) is 8.12. The van der Waals surface area contributed by atoms with E-state index >= 15 is 0 Å². The van der Waals surface area contributed by atoms with E-state index in [0.29, 0.717) is 6.07 Å². The lowest BCUT2D eigenvalue weighted by atomic mass is 10.2. The molecule has 0 aliphatic heterocycles. The summed E-state index contributed by atoms with van der Waals surface area (Å²) in [7, 11) is 0. The number of benzene rings is 1. The van der Waals surface area contributed by atoms with Crippen molar-refractivity contribution in [1.29, 1.82) is 0 Å². The lowest BCUT2D eigenvalue weighted by molar-refractivity contribution is -0.386. The Balaban J connectivity index is 3.39. The third-order valence-corrected chi connectivity index (χ3v) is 2.08. The van der Waals surface area contributed by atoms with E-state index in [1.54, 1.807) is 0 Å². The molecule has 0 spiro atoms. The van der Waals surface area contributed by atoms with E-state index < -0.39 is 39.7 Å². The Morgan fingerprint density at radius 1 is 1.33 bits per heavy atom. The van der Waals surface area contributed by atoms with Gasteiger partial charge in [0.05, 0.1) is 15.5 Å². The summed E-state index contributed by atoms with van der Waals surface area (Å²) in [5.74, 6) is -1.03. The zero-order valence-electron chi connectivity index (χ0n) is 8.17. The van der Waals surface area contributed by atoms with Crippen LogP contribution in [-0.2, 0) is 6.18 Å². The van der Waals surface area contributed by atoms with E-state index in [0.717, 1.165) is 0 Å². The van der Waals surface area contributed by atoms with Crippen LogP contribution in [-0.4, -0.2) is 11.5 Å². The van der Waals surface area contributed by atoms with Crippen LogP contribution in [0.5, 0.6) is 5.75 Å². The van der Waals surface area contributed by atoms with Crippen molar-refractivity contribution in [1.82, 2.24) is 0 Å². The number of nitro groups is 1. The van der Waals surface area contributed by atoms with Gasteiger partial charge in [-0.25, -0.2) is 0 Å². The summed E-state index contributed by atoms with van der Waals surface area (Å²) in [6.07, 6.45) is -4.94. The van der Waals surface area contributed by atoms with Crippen molar-refractivity contribution < 1.29 is 31.6 Å². The van der Waals surface area contributed by atoms with E-state index in [4.69, 9.17) is 11.6 Å². The second-order valence-corrected chi connectivity index (χ2v) is 3.34. The standard InChI is InChI=1S/C8H3ClF5NO3/c9-4-2-6(18-7(10)11)5(15(16)17)1-3(4)8(12,13)14/h1-2,7H. The maximum Gasteiger partial charge on any atom is 0.418 e. The lowest BCUT2D eigenvalue weighted by Crippen LogP contribution is -2.09. The minimum atomic E-state index is -4.94. The predicted molar refractivity (Wildman–Crippen MR) is 49.7 cm³/mol. The van der Waals surface area contributed by atoms with Crippen LogP contribution in [0.3, 0.4) is 0 Å². The van der Waals surface area contributed by atoms with Gasteiger partial charge in [-0.15, -0.1) is 0 Å². The van der Waals surface area contributed by atoms with Gasteiger partial charge in [0.1, 0.15) is 0 Å². The van der Waals surface area contributed by atoms with E-state index in [2.05, 4.69) is 4.74 Å². The third kappa shape index (κ3) is 3.19. The van der Waals surface area contributed by atoms with Gasteiger partial charge >= 0.3 is 18.5 Å². The summed E-state index contributed by atoms with van der Waals surface area (Å²) in [4.78, 5) is 9.19. The van der Waals surface area contributed by atoms with Crippen LogP contribution in [0.25, 0.3) is 0 Å². The summed E-state index contributed by atoms with van der Waals surface area (Å²) >= 11 is 5.21. The van der Waals surface area contributed by atoms with Gasteiger partial charge in [0, 0.05) is 12.1 Å². The molecule has 0 N–H and O–H groups in total. The number of nitro benzene ring substituents is 1. The molecule has 0 amide bonds. The summed E-state index contributed by atoms with van der Waals surface area (Å²) in [5, 5.41) is 9.50. The molecule has 1 aromatic carbocycles. The van der Waals surface area contributed by atoms with Gasteiger partial charge in [-0.05, 0) is 0 Å². The van der Waals surface area contributed by atoms with Crippen molar-refractivity contribution in [3.8, 4) is 5.75 Å². The molecule has 0 aromatic heterocycles. The molecule has 1 rings (SSSR count). The van der Waals surface area contributed by atoms with E-state index in [9.17, 15) is 32.1 Å². The fourth-order valence-electron chi connectivity index (χ4n) is 1.09. The zero-order valence-corrected chi connectivity index (χ0v) is 8.93. The highest BCUT2D eigenvalue weighted by atomic mass is 35.5. The molecule has 0 atom stereocenters. The van der Waals surface area contributed by atoms with Crippen molar-refractivity contribution in [2.24, 2.45) is 0 Å². The summed E-state index contributed by atoms with van der Waals surface area (Å²) < 4.78 is 64.7. The number of alkyl halides is 5. The molecule has 4 nitrogen and oxygen atoms in total. The van der Waals surface area contributed by atoms with Gasteiger partial charge in [-0.1, -0.05) is 11.6 Å². The number of hydrogen-bond donors (Lipinski definition) is 0. The van der Waals surface area contributed by atoms with Crippen LogP contribution in [0, 0.1) is 10.1 Å². The van der Waals surface area contributed by atoms with Gasteiger partial charge in [-0.2, -0.15) is 22.0 Å². The minimum Gasteiger partial charge on any atom is -0.427 e. The number of rotatable bonds is 3. The minimum absolute atomic E-state index is 0.0417. The van der Waals surface area contributed by atoms with Gasteiger partial charge < -0.3 is 4.74 Å². The van der Waals surface area contributed by atoms with Gasteiger partial charge in [-0.3, -0.25) is 10.1 Å². The zero-order chi connectivity index (χ0) is 14.1. The Morgan fingerprint density at radius 2 is 1.89 bits per heavy atom. The Morgan fingerprint density at radius 3 is 2.28 bits per heavy atom. The highest BCUT2D eigenvalue weighted by molar-refractivity contribution is 6.31. The molecule has 18 heavy (non-hydrogen) atoms. The highest BCUT2D eigenvalue weighted by Crippen LogP contribution is 2.41. The number of nitrogens with zero attached hydrogens (tertiary/aromatic N) is 1. The van der Waals surface area contributed by atoms with Gasteiger partial charge in [0.2, 0.25) is 5.75 Å². The molecule has 0 fully saturated rings. The van der Waals surface area contributed by atoms with Crippen LogP contribution in [0.1, 0.15) is 5.56 Å². The first-order valence-electron chi connectivity index (χ1n) is 4.13. The smallest absolute Gasteiger partial charge is 0.418 e. The van der Waals surface area contributed by atoms with Crippen molar-refractivity contribution in [2.75, 3.05) is 0 Å². The predicted octanol–water partition coefficient (Wildman–Crippen LogP) is 3.87. The molecular weight excluding hydrogens is 289 g/mol. The second-order valence-electron chi connectivity index (χ2n) is 2.93. The molecule has 0 heterocycles. The third-order valence-electron chi connectivity index (χ3n) is 1.77. The maximum absolute atomic E-state index is 12.4. The summed E-state index contributed by atoms with van der Waals surface area (Å²) in [6.45, 7) is -3.42. The van der Waals surface area contributed by atoms with Crippen LogP contribution in [0.15, 0.2) is 12.1 Å². The molecule has 0 saturated carbocycles. The monoisotopic (exact) mass is 291 g/mol. The van der Waals surface area contributed by atoms with Crippen LogP contribution in [0.4, 0.5) is 27.6 Å². The molecule has 0 aliphatic carbocycles. The number of hydrogen-bond acceptors (Lipinski definition) is 3. The molecule has 0 saturated heterocycles. The van der Waals surface area contributed by atoms with Crippen LogP contribution >= 0.6 is 11.6 Å². The Labute approximate surface area is 101 Å². The van der Waals surface area contributed by atoms with E-state index in [1.165, 1.54) is 0 Å². The quantitative estimate of drug-likeness (QED) is 0.482. The largest absolute Gasteiger partial charge is 0.427 e. The van der Waals surface area contributed by atoms with Crippen molar-refractivity contribution in [3.63, 3.8) is 0 Å². The highest BCUT2D eigenvalue weighted by Gasteiger charge is 2.36. The Kier molecular flexibility index (Phi) is 3.95. The lowest BCUT2D eigenvalue weighted by Gasteiger charge is -2.11. The first-order valence-corrected chi connectivity index (χ1v) is 4.50. The maximum atomic E-state index is 12.4. The Hall–Kier alpha value is -1.64. The molecule has 0 radical (unpaired) electrons. The molecule has 0 unspecified atom stereocenters. The van der Waals surface area contributed by atoms with E-state index in [-0.39, 0.29) is 6.07 Å². The molecular formula is C8H3ClF5NO3. The van der Waals surface area contributed by atoms with Crippen LogP contribution in [0.2, 0.25) is 5.02 Å². The molecule has 10 heteroatoms. The normalized spacial score (nSPS) is 11.7. The summed E-state index contributed by atoms with van der Waals surface area (Å²) in [6, 6.07) is 0.370. The Bertz CT molecular complexity index is 477. The second kappa shape index (κ2) is 4.92. The fourth-order valence-corrected chi connectivity index (χ4v) is 1.35. The molecule has 1 aromatic rings. The number of ether oxygens (including phenoxy) is 1. The summed E-state index contributed by atoms with van der Waals surface area (Å²) in [5.41, 5.74) is -2.75. The number of halogens is 6. The van der Waals surface area contributed by atoms with Crippen LogP contribution < -0.4 is 4.74 Å². The topological polar surface area (TPSA) is 52.4 Å². The van der Waals surface area contributed by atoms with E-state index in [1.807, 2.05) is 0 Å². The first kappa shape index (κ1) is 14.4. The molecule has 100 valence electrons. The van der Waals surface area contributed by atoms with Crippen molar-refractivity contribution in [2.45, 2.75) is 12.8 Å². The van der Waals surface area contributed by atoms with Crippen molar-refractivity contribution >= 4 is 17.3 Å². The molecule has 0 bridgehead atoms. The van der Waals surface area contributed by atoms with Gasteiger partial charge in [0.25, 0.3) is 0 Å². The fraction of sp³-hybridized carbons (Fsp3) is 0.250. The average molecular weight is 292 g/mol. The molecule has 0 aliphatic rings. The van der Waals surface area contributed by atoms with Crippen molar-refractivity contribution in [3.05, 3.63) is 32.8 Å². The van der Waals surface area contributed by atoms with Gasteiger partial charge in [0.15, 0.2) is 0 Å². The average Bonchev–Trinajstić information content (AvgIpc) is 2.13. The SMILES string of the molecule is O=[N+]([O-])c1cc(C(F)(F)F)c(Cl)cc1OC(F)F.